The van der Waals surface area contributed by atoms with Crippen molar-refractivity contribution in [2.75, 3.05) is 68.6 Å². The van der Waals surface area contributed by atoms with Gasteiger partial charge in [-0.3, -0.25) is 19.2 Å². The maximum Gasteiger partial charge on any atom is 0.303 e. The zero-order chi connectivity index (χ0) is 67.8. The van der Waals surface area contributed by atoms with Gasteiger partial charge in [-0.2, -0.15) is 9.15 Å². The molecule has 5 aromatic rings. The number of benzene rings is 5. The first-order valence-electron chi connectivity index (χ1n) is 33.3. The molecule has 502 valence electrons. The SMILES string of the molecule is CC(CCc1ccc2c(c1)C(C)(C)C1=[N+]2CCC2Oc3cc(N(C)CCCCCC(=O)O)ccc3C=C12)S(=O)(=O)[O-].CN(CCCCCC(=O)O)c1ccc(C=O)c(O)c1.Cc1ccc2c(c1)C(C)(C)C1=[N+]2CCC2Oc3cc(N(C)CCCCCC(=O)O)ccc3C=C12. The van der Waals surface area contributed by atoms with Crippen molar-refractivity contribution in [3.05, 3.63) is 141 Å². The van der Waals surface area contributed by atoms with Gasteiger partial charge in [0.2, 0.25) is 11.4 Å². The van der Waals surface area contributed by atoms with Crippen molar-refractivity contribution in [3.63, 3.8) is 0 Å². The van der Waals surface area contributed by atoms with Gasteiger partial charge in [0.25, 0.3) is 0 Å². The third-order valence-electron chi connectivity index (χ3n) is 19.4. The van der Waals surface area contributed by atoms with E-state index >= 15 is 0 Å². The van der Waals surface area contributed by atoms with E-state index in [2.05, 4.69) is 153 Å². The summed E-state index contributed by atoms with van der Waals surface area (Å²) < 4.78 is 52.3. The standard InChI is InChI=1S/C32H40N2O6S.C29H34N2O3.C14H19NO4/c1-21(41(37,38)39)9-10-22-11-14-27-26(18-22)32(2,3)31-25-19-23-12-13-24(33(4)16-7-5-6-8-30(35)36)20-29(23)40-28(25)15-17-34(27)31;1-19-9-12-24-23(16-19)29(2,3)28-22-17-20-10-11-21(30(4)14-7-5-6-8-27(32)33)18-26(20)34-25(22)13-15-31(24)28;1-15(8-4-2-3-5-14(18)19)12-7-6-11(10-16)13(17)9-12/h11-14,18-21,28H,5-10,15-17H2,1-4H3,(H-,35,36,37,38,39);9-12,16-18,25H,5-8,13-15H2,1-4H3;6-7,9-10,17H,2-5,8H2,1H3,(H,18,19)/p+1. The van der Waals surface area contributed by atoms with Gasteiger partial charge in [-0.15, -0.1) is 0 Å². The van der Waals surface area contributed by atoms with Crippen molar-refractivity contribution in [2.45, 2.75) is 173 Å². The third-order valence-corrected chi connectivity index (χ3v) is 20.7. The van der Waals surface area contributed by atoms with Gasteiger partial charge in [0.15, 0.2) is 30.8 Å². The smallest absolute Gasteiger partial charge is 0.303 e. The lowest BCUT2D eigenvalue weighted by molar-refractivity contribution is -0.444. The van der Waals surface area contributed by atoms with E-state index in [9.17, 15) is 37.3 Å². The number of carboxylic acids is 3. The quantitative estimate of drug-likeness (QED) is 0.0174. The number of aldehydes is 1. The number of carbonyl (C=O) groups excluding carboxylic acids is 1. The van der Waals surface area contributed by atoms with Crippen molar-refractivity contribution < 1.29 is 71.2 Å². The van der Waals surface area contributed by atoms with E-state index in [1.807, 2.05) is 11.9 Å². The predicted octanol–water partition coefficient (Wildman–Crippen LogP) is 13.2. The number of aryl methyl sites for hydroxylation is 2. The molecule has 5 aromatic carbocycles. The average molecular weight is 1310 g/mol. The number of anilines is 3. The average Bonchev–Trinajstić information content (AvgIpc) is 1.56. The highest BCUT2D eigenvalue weighted by Crippen LogP contribution is 2.49. The molecule has 18 nitrogen and oxygen atoms in total. The van der Waals surface area contributed by atoms with E-state index in [0.29, 0.717) is 32.0 Å². The summed E-state index contributed by atoms with van der Waals surface area (Å²) in [6.45, 7) is 17.2. The van der Waals surface area contributed by atoms with Crippen LogP contribution in [0.1, 0.15) is 175 Å². The van der Waals surface area contributed by atoms with Crippen molar-refractivity contribution in [2.24, 2.45) is 0 Å². The zero-order valence-electron chi connectivity index (χ0n) is 56.1. The molecule has 0 aromatic heterocycles. The lowest BCUT2D eigenvalue weighted by atomic mass is 9.75. The van der Waals surface area contributed by atoms with Crippen LogP contribution in [-0.2, 0) is 41.8 Å². The molecule has 0 saturated carbocycles. The summed E-state index contributed by atoms with van der Waals surface area (Å²) in [7, 11) is 1.77. The summed E-state index contributed by atoms with van der Waals surface area (Å²) in [4.78, 5) is 48.8. The van der Waals surface area contributed by atoms with E-state index in [0.717, 1.165) is 136 Å². The first-order chi connectivity index (χ1) is 44.7. The molecule has 94 heavy (non-hydrogen) atoms. The second-order valence-electron chi connectivity index (χ2n) is 27.1. The first kappa shape index (κ1) is 70.0. The molecule has 3 atom stereocenters. The van der Waals surface area contributed by atoms with Crippen molar-refractivity contribution in [1.29, 1.82) is 0 Å². The second-order valence-corrected chi connectivity index (χ2v) is 28.9. The number of fused-ring (bicyclic) bond motifs is 10. The maximum atomic E-state index is 11.4. The fourth-order valence-corrected chi connectivity index (χ4v) is 14.4. The predicted molar refractivity (Wildman–Crippen MR) is 369 cm³/mol. The summed E-state index contributed by atoms with van der Waals surface area (Å²) in [6, 6.07) is 31.0. The molecule has 4 N–H and O–H groups in total. The Morgan fingerprint density at radius 3 is 1.46 bits per heavy atom. The van der Waals surface area contributed by atoms with E-state index in [4.69, 9.17) is 24.8 Å². The van der Waals surface area contributed by atoms with Crippen molar-refractivity contribution in [3.8, 4) is 17.2 Å². The molecule has 6 aliphatic heterocycles. The van der Waals surface area contributed by atoms with E-state index in [1.54, 1.807) is 18.2 Å². The first-order valence-corrected chi connectivity index (χ1v) is 34.7. The molecule has 0 spiro atoms. The Labute approximate surface area is 554 Å². The number of phenols is 1. The van der Waals surface area contributed by atoms with Gasteiger partial charge in [-0.1, -0.05) is 37.0 Å². The van der Waals surface area contributed by atoms with Gasteiger partial charge in [-0.05, 0) is 159 Å². The lowest BCUT2D eigenvalue weighted by Crippen LogP contribution is -2.42. The van der Waals surface area contributed by atoms with Gasteiger partial charge < -0.3 is 49.2 Å². The molecule has 0 saturated heterocycles. The van der Waals surface area contributed by atoms with Crippen LogP contribution in [0.15, 0.2) is 102 Å². The van der Waals surface area contributed by atoms with E-state index in [-0.39, 0.29) is 53.6 Å². The maximum absolute atomic E-state index is 11.4. The summed E-state index contributed by atoms with van der Waals surface area (Å²) in [6.07, 6.45) is 16.3. The Balaban J connectivity index is 0.000000177. The van der Waals surface area contributed by atoms with E-state index in [1.165, 1.54) is 57.6 Å². The molecular formula is C75H94N5O13S+. The molecule has 6 aliphatic rings. The number of nitrogens with zero attached hydrogens (tertiary/aromatic N) is 5. The van der Waals surface area contributed by atoms with Crippen LogP contribution in [0.2, 0.25) is 0 Å². The van der Waals surface area contributed by atoms with Crippen LogP contribution >= 0.6 is 0 Å². The Kier molecular flexibility index (Phi) is 22.3. The normalized spacial score (nSPS) is 17.5. The highest BCUT2D eigenvalue weighted by atomic mass is 32.2. The minimum absolute atomic E-state index is 0.0229. The molecule has 3 unspecified atom stereocenters. The number of unbranched alkanes of at least 4 members (excludes halogenated alkanes) is 6. The van der Waals surface area contributed by atoms with Crippen LogP contribution in [0.25, 0.3) is 12.2 Å². The molecule has 19 heteroatoms. The number of rotatable bonds is 26. The number of carbonyl (C=O) groups is 4. The van der Waals surface area contributed by atoms with Crippen LogP contribution in [0.4, 0.5) is 28.4 Å². The van der Waals surface area contributed by atoms with Gasteiger partial charge in [0.05, 0.1) is 37.7 Å². The summed E-state index contributed by atoms with van der Waals surface area (Å²) in [5.74, 6) is -0.384. The Hall–Kier alpha value is -8.29. The molecule has 0 amide bonds. The number of phenolic OH excluding ortho intramolecular Hbond substituents is 1. The zero-order valence-corrected chi connectivity index (χ0v) is 56.9. The van der Waals surface area contributed by atoms with Crippen LogP contribution in [0, 0.1) is 6.92 Å². The fourth-order valence-electron chi connectivity index (χ4n) is 14.0. The lowest BCUT2D eigenvalue weighted by Gasteiger charge is -2.32. The topological polar surface area (TPSA) is 241 Å². The van der Waals surface area contributed by atoms with Gasteiger partial charge in [-0.25, -0.2) is 8.42 Å². The third kappa shape index (κ3) is 16.3. The van der Waals surface area contributed by atoms with Crippen molar-refractivity contribution in [1.82, 2.24) is 0 Å². The monoisotopic (exact) mass is 1300 g/mol. The minimum atomic E-state index is -4.28. The number of aliphatic carboxylic acids is 3. The van der Waals surface area contributed by atoms with Crippen LogP contribution in [0.3, 0.4) is 0 Å². The van der Waals surface area contributed by atoms with Crippen LogP contribution in [0.5, 0.6) is 17.2 Å². The summed E-state index contributed by atoms with van der Waals surface area (Å²) in [5.41, 5.74) is 17.9. The number of hydrogen-bond donors (Lipinski definition) is 4. The number of carboxylic acid groups (broad SMARTS) is 3. The largest absolute Gasteiger partial charge is 0.748 e. The minimum Gasteiger partial charge on any atom is -0.748 e. The molecule has 6 heterocycles. The molecule has 0 bridgehead atoms. The highest BCUT2D eigenvalue weighted by molar-refractivity contribution is 7.86. The molecule has 0 fully saturated rings. The Bertz CT molecular complexity index is 3920. The Morgan fingerprint density at radius 1 is 0.606 bits per heavy atom. The van der Waals surface area contributed by atoms with Crippen molar-refractivity contribution >= 4 is 86.3 Å². The molecule has 0 radical (unpaired) electrons. The fraction of sp³-hybridized carbons (Fsp3) is 0.467. The second kappa shape index (κ2) is 30.0. The molecule has 0 aliphatic carbocycles. The number of ether oxygens (including phenoxy) is 2. The molecular weight excluding hydrogens is 1210 g/mol. The number of aromatic hydroxyl groups is 1. The van der Waals surface area contributed by atoms with Gasteiger partial charge >= 0.3 is 17.9 Å². The number of hydrogen-bond acceptors (Lipinski definition) is 13. The van der Waals surface area contributed by atoms with E-state index < -0.39 is 33.3 Å². The van der Waals surface area contributed by atoms with Crippen LogP contribution in [-0.4, -0.2) is 149 Å². The summed E-state index contributed by atoms with van der Waals surface area (Å²) >= 11 is 0. The van der Waals surface area contributed by atoms with Gasteiger partial charge in [0, 0.05) is 148 Å². The summed E-state index contributed by atoms with van der Waals surface area (Å²) in [5, 5.41) is 34.8. The Morgan fingerprint density at radius 2 is 1.03 bits per heavy atom. The van der Waals surface area contributed by atoms with Crippen LogP contribution < -0.4 is 24.2 Å². The highest BCUT2D eigenvalue weighted by Gasteiger charge is 2.54. The van der Waals surface area contributed by atoms with Gasteiger partial charge in [0.1, 0.15) is 29.5 Å². The molecule has 11 rings (SSSR count).